The Balaban J connectivity index is 1.68. The largest absolute Gasteiger partial charge is 0.508 e. The number of ether oxygens (including phenoxy) is 1. The zero-order valence-corrected chi connectivity index (χ0v) is 19.8. The van der Waals surface area contributed by atoms with Crippen LogP contribution in [0, 0.1) is 5.92 Å². The number of nitrogens with zero attached hydrogens (tertiary/aromatic N) is 1. The van der Waals surface area contributed by atoms with E-state index in [-0.39, 0.29) is 30.3 Å². The van der Waals surface area contributed by atoms with E-state index >= 15 is 0 Å². The van der Waals surface area contributed by atoms with Gasteiger partial charge < -0.3 is 20.3 Å². The number of nitrogens with one attached hydrogen (secondary N) is 1. The minimum absolute atomic E-state index is 0.00693. The lowest BCUT2D eigenvalue weighted by Crippen LogP contribution is -2.43. The first-order chi connectivity index (χ1) is 15.3. The molecule has 1 fully saturated rings. The first-order valence-electron chi connectivity index (χ1n) is 12.0. The lowest BCUT2D eigenvalue weighted by molar-refractivity contribution is -0.103. The van der Waals surface area contributed by atoms with Crippen LogP contribution in [0.15, 0.2) is 42.5 Å². The number of likely N-dealkylation sites (N-methyl/N-ethyl adjacent to an activating group) is 1. The van der Waals surface area contributed by atoms with Gasteiger partial charge in [0.2, 0.25) is 0 Å². The van der Waals surface area contributed by atoms with Gasteiger partial charge in [-0.2, -0.15) is 0 Å². The Hall–Kier alpha value is -2.08. The van der Waals surface area contributed by atoms with Crippen LogP contribution >= 0.6 is 0 Å². The molecule has 4 atom stereocenters. The molecule has 5 nitrogen and oxygen atoms in total. The minimum atomic E-state index is 0.00693. The zero-order chi connectivity index (χ0) is 22.9. The number of aliphatic hydroxyl groups is 1. The smallest absolute Gasteiger partial charge is 0.115 e. The molecule has 2 aliphatic heterocycles. The highest BCUT2D eigenvalue weighted by molar-refractivity contribution is 5.59. The van der Waals surface area contributed by atoms with Crippen molar-refractivity contribution in [2.45, 2.75) is 64.2 Å². The highest BCUT2D eigenvalue weighted by Gasteiger charge is 2.43. The lowest BCUT2D eigenvalue weighted by atomic mass is 9.75. The topological polar surface area (TPSA) is 65.0 Å². The molecule has 0 saturated carbocycles. The lowest BCUT2D eigenvalue weighted by Gasteiger charge is -2.46. The van der Waals surface area contributed by atoms with Crippen LogP contribution in [-0.4, -0.2) is 47.5 Å². The van der Waals surface area contributed by atoms with Crippen LogP contribution in [0.3, 0.4) is 0 Å². The molecule has 2 aromatic carbocycles. The number of phenolic OH excluding ortho intramolecular Hbond substituents is 1. The Morgan fingerprint density at radius 2 is 1.94 bits per heavy atom. The van der Waals surface area contributed by atoms with Crippen LogP contribution in [0.5, 0.6) is 5.75 Å². The summed E-state index contributed by atoms with van der Waals surface area (Å²) in [5.74, 6) is 0.593. The molecular formula is C27H38N2O3. The fourth-order valence-electron chi connectivity index (χ4n) is 5.21. The van der Waals surface area contributed by atoms with Gasteiger partial charge in [0.05, 0.1) is 24.9 Å². The van der Waals surface area contributed by atoms with Gasteiger partial charge in [0.1, 0.15) is 5.75 Å². The maximum Gasteiger partial charge on any atom is 0.115 e. The van der Waals surface area contributed by atoms with Gasteiger partial charge in [-0.1, -0.05) is 52.0 Å². The molecule has 2 aromatic rings. The third-order valence-electron chi connectivity index (χ3n) is 7.07. The summed E-state index contributed by atoms with van der Waals surface area (Å²) in [6.45, 7) is 11.5. The van der Waals surface area contributed by atoms with Gasteiger partial charge in [-0.25, -0.2) is 0 Å². The molecule has 0 aromatic heterocycles. The van der Waals surface area contributed by atoms with Crippen LogP contribution in [0.1, 0.15) is 69.4 Å². The molecule has 2 heterocycles. The monoisotopic (exact) mass is 438 g/mol. The normalized spacial score (nSPS) is 25.2. The molecule has 0 radical (unpaired) electrons. The van der Waals surface area contributed by atoms with Crippen molar-refractivity contribution >= 4 is 5.69 Å². The highest BCUT2D eigenvalue weighted by atomic mass is 16.5. The summed E-state index contributed by atoms with van der Waals surface area (Å²) in [6, 6.07) is 14.4. The fourth-order valence-corrected chi connectivity index (χ4v) is 5.21. The number of aliphatic hydroxyl groups excluding tert-OH is 1. The standard InChI is InChI=1S/C27H38N2O3/c1-5-29(13-14-30)17-21-10-11-22-25(18-7-6-8-20(31)15-18)28-24-12-9-19(27(2,3)4)16-23(24)26(22)32-21/h6-9,12,15-16,21-22,25-26,28,30-31H,5,10-11,13-14,17H2,1-4H3. The number of aromatic hydroxyl groups is 1. The SMILES string of the molecule is CCN(CCO)CC1CCC2C(c3cccc(O)c3)Nc3ccc(C(C)(C)C)cc3C2O1. The zero-order valence-electron chi connectivity index (χ0n) is 19.8. The van der Waals surface area contributed by atoms with Crippen LogP contribution in [0.4, 0.5) is 5.69 Å². The Labute approximate surface area is 192 Å². The van der Waals surface area contributed by atoms with E-state index in [9.17, 15) is 10.2 Å². The van der Waals surface area contributed by atoms with Gasteiger partial charge in [0.15, 0.2) is 0 Å². The number of benzene rings is 2. The molecule has 3 N–H and O–H groups in total. The Bertz CT molecular complexity index is 923. The van der Waals surface area contributed by atoms with Crippen molar-refractivity contribution in [3.8, 4) is 5.75 Å². The summed E-state index contributed by atoms with van der Waals surface area (Å²) >= 11 is 0. The van der Waals surface area contributed by atoms with Gasteiger partial charge in [-0.05, 0) is 54.1 Å². The van der Waals surface area contributed by atoms with Crippen molar-refractivity contribution in [2.24, 2.45) is 5.92 Å². The van der Waals surface area contributed by atoms with E-state index in [1.54, 1.807) is 6.07 Å². The Kier molecular flexibility index (Phi) is 6.80. The van der Waals surface area contributed by atoms with Gasteiger partial charge in [-0.3, -0.25) is 4.90 Å². The van der Waals surface area contributed by atoms with Gasteiger partial charge in [-0.15, -0.1) is 0 Å². The molecule has 2 aliphatic rings. The second-order valence-electron chi connectivity index (χ2n) is 10.3. The number of fused-ring (bicyclic) bond motifs is 3. The van der Waals surface area contributed by atoms with E-state index in [1.165, 1.54) is 11.1 Å². The molecular weight excluding hydrogens is 400 g/mol. The van der Waals surface area contributed by atoms with Crippen LogP contribution < -0.4 is 5.32 Å². The summed E-state index contributed by atoms with van der Waals surface area (Å²) in [4.78, 5) is 2.27. The number of anilines is 1. The quantitative estimate of drug-likeness (QED) is 0.592. The van der Waals surface area contributed by atoms with Crippen LogP contribution in [0.2, 0.25) is 0 Å². The third kappa shape index (κ3) is 4.80. The maximum absolute atomic E-state index is 10.1. The number of rotatable bonds is 6. The van der Waals surface area contributed by atoms with Gasteiger partial charge >= 0.3 is 0 Å². The minimum Gasteiger partial charge on any atom is -0.508 e. The Morgan fingerprint density at radius 3 is 2.62 bits per heavy atom. The summed E-state index contributed by atoms with van der Waals surface area (Å²) < 4.78 is 6.82. The van der Waals surface area contributed by atoms with Crippen LogP contribution in [-0.2, 0) is 10.2 Å². The maximum atomic E-state index is 10.1. The van der Waals surface area contributed by atoms with E-state index < -0.39 is 0 Å². The molecule has 174 valence electrons. The third-order valence-corrected chi connectivity index (χ3v) is 7.07. The first-order valence-corrected chi connectivity index (χ1v) is 12.0. The molecule has 0 amide bonds. The molecule has 0 spiro atoms. The van der Waals surface area contributed by atoms with Crippen molar-refractivity contribution in [2.75, 3.05) is 31.6 Å². The fraction of sp³-hybridized carbons (Fsp3) is 0.556. The van der Waals surface area contributed by atoms with E-state index in [0.717, 1.165) is 37.2 Å². The average molecular weight is 439 g/mol. The Morgan fingerprint density at radius 1 is 1.12 bits per heavy atom. The second-order valence-corrected chi connectivity index (χ2v) is 10.3. The number of hydrogen-bond acceptors (Lipinski definition) is 5. The molecule has 32 heavy (non-hydrogen) atoms. The summed E-state index contributed by atoms with van der Waals surface area (Å²) in [5.41, 5.74) is 4.85. The average Bonchev–Trinajstić information content (AvgIpc) is 2.77. The predicted octanol–water partition coefficient (Wildman–Crippen LogP) is 5.01. The number of phenols is 1. The number of hydrogen-bond donors (Lipinski definition) is 3. The van der Waals surface area contributed by atoms with E-state index in [1.807, 2.05) is 12.1 Å². The second kappa shape index (κ2) is 9.42. The molecule has 4 unspecified atom stereocenters. The van der Waals surface area contributed by atoms with Crippen molar-refractivity contribution in [1.29, 1.82) is 0 Å². The van der Waals surface area contributed by atoms with Crippen molar-refractivity contribution < 1.29 is 14.9 Å². The van der Waals surface area contributed by atoms with Crippen LogP contribution in [0.25, 0.3) is 0 Å². The van der Waals surface area contributed by atoms with E-state index in [0.29, 0.717) is 18.2 Å². The predicted molar refractivity (Wildman–Crippen MR) is 129 cm³/mol. The van der Waals surface area contributed by atoms with E-state index in [2.05, 4.69) is 62.2 Å². The van der Waals surface area contributed by atoms with Crippen molar-refractivity contribution in [1.82, 2.24) is 4.90 Å². The molecule has 0 aliphatic carbocycles. The molecule has 4 rings (SSSR count). The van der Waals surface area contributed by atoms with Gasteiger partial charge in [0.25, 0.3) is 0 Å². The summed E-state index contributed by atoms with van der Waals surface area (Å²) in [5, 5.41) is 23.3. The summed E-state index contributed by atoms with van der Waals surface area (Å²) in [6.07, 6.45) is 2.21. The molecule has 5 heteroatoms. The highest BCUT2D eigenvalue weighted by Crippen LogP contribution is 2.51. The van der Waals surface area contributed by atoms with Crippen molar-refractivity contribution in [3.63, 3.8) is 0 Å². The molecule has 0 bridgehead atoms. The van der Waals surface area contributed by atoms with Gasteiger partial charge in [0, 0.05) is 30.3 Å². The first kappa shape index (κ1) is 23.1. The molecule has 1 saturated heterocycles. The van der Waals surface area contributed by atoms with E-state index in [4.69, 9.17) is 4.74 Å². The van der Waals surface area contributed by atoms with Crippen molar-refractivity contribution in [3.05, 3.63) is 59.2 Å². The summed E-state index contributed by atoms with van der Waals surface area (Å²) in [7, 11) is 0.